The number of aryl methyl sites for hydroxylation is 1. The van der Waals surface area contributed by atoms with Gasteiger partial charge in [0.15, 0.2) is 0 Å². The average molecular weight is 748 g/mol. The molecule has 7 rings (SSSR count). The number of likely N-dealkylation sites (tertiary alicyclic amines) is 1. The number of halogens is 2. The van der Waals surface area contributed by atoms with Gasteiger partial charge in [0.1, 0.15) is 18.0 Å². The molecule has 4 aromatic carbocycles. The first-order chi connectivity index (χ1) is 25.8. The van der Waals surface area contributed by atoms with Gasteiger partial charge in [0.2, 0.25) is 0 Å². The average Bonchev–Trinajstić information content (AvgIpc) is 3.56. The monoisotopic (exact) mass is 746 g/mol. The molecular weight excluding hydrogens is 707 g/mol. The van der Waals surface area contributed by atoms with Crippen LogP contribution in [-0.2, 0) is 23.5 Å². The molecule has 1 aliphatic rings. The molecule has 0 radical (unpaired) electrons. The summed E-state index contributed by atoms with van der Waals surface area (Å²) in [5, 5.41) is 15.7. The Morgan fingerprint density at radius 2 is 1.43 bits per heavy atom. The van der Waals surface area contributed by atoms with E-state index in [1.807, 2.05) is 114 Å². The Morgan fingerprint density at radius 3 is 2.06 bits per heavy atom. The first-order valence-electron chi connectivity index (χ1n) is 17.8. The fraction of sp³-hybridized carbons (Fsp3) is 0.233. The molecule has 1 amide bonds. The molecule has 0 atom stereocenters. The molecule has 6 aromatic rings. The van der Waals surface area contributed by atoms with Crippen LogP contribution in [0, 0.1) is 5.92 Å². The molecule has 0 bridgehead atoms. The van der Waals surface area contributed by atoms with Gasteiger partial charge in [0.05, 0.1) is 21.3 Å². The molecule has 0 unspecified atom stereocenters. The number of pyridine rings is 1. The number of ketones is 1. The largest absolute Gasteiger partial charge is 0.489 e. The summed E-state index contributed by atoms with van der Waals surface area (Å²) in [6.45, 7) is 3.58. The van der Waals surface area contributed by atoms with Crippen molar-refractivity contribution in [3.8, 4) is 5.75 Å². The number of Topliss-reactive ketones (excluding diaryl/α,β-unsaturated/α-hetero) is 1. The number of fused-ring (bicyclic) bond motifs is 1. The Bertz CT molecular complexity index is 2130. The van der Waals surface area contributed by atoms with E-state index in [-0.39, 0.29) is 27.2 Å². The van der Waals surface area contributed by atoms with Crippen molar-refractivity contribution in [3.63, 3.8) is 0 Å². The fourth-order valence-corrected chi connectivity index (χ4v) is 7.82. The Labute approximate surface area is 319 Å². The quantitative estimate of drug-likeness (QED) is 0.0907. The van der Waals surface area contributed by atoms with Crippen molar-refractivity contribution in [1.29, 1.82) is 0 Å². The number of amides is 1. The highest BCUT2D eigenvalue weighted by molar-refractivity contribution is 6.50. The van der Waals surface area contributed by atoms with Crippen LogP contribution in [0.3, 0.4) is 0 Å². The zero-order valence-electron chi connectivity index (χ0n) is 29.1. The van der Waals surface area contributed by atoms with Gasteiger partial charge in [-0.15, -0.1) is 0 Å². The zero-order valence-corrected chi connectivity index (χ0v) is 30.6. The van der Waals surface area contributed by atoms with E-state index in [0.29, 0.717) is 24.3 Å². The van der Waals surface area contributed by atoms with Gasteiger partial charge in [-0.25, -0.2) is 0 Å². The highest BCUT2D eigenvalue weighted by atomic mass is 35.5. The van der Waals surface area contributed by atoms with Crippen molar-refractivity contribution < 1.29 is 19.4 Å². The summed E-state index contributed by atoms with van der Waals surface area (Å²) in [4.78, 5) is 33.4. The van der Waals surface area contributed by atoms with Gasteiger partial charge in [-0.1, -0.05) is 114 Å². The lowest BCUT2D eigenvalue weighted by atomic mass is 9.72. The summed E-state index contributed by atoms with van der Waals surface area (Å²) in [6.07, 6.45) is 6.99. The number of rotatable bonds is 13. The minimum absolute atomic E-state index is 0.0758. The maximum atomic E-state index is 13.7. The molecule has 1 fully saturated rings. The lowest BCUT2D eigenvalue weighted by Gasteiger charge is -2.42. The van der Waals surface area contributed by atoms with Crippen LogP contribution < -0.4 is 10.1 Å². The van der Waals surface area contributed by atoms with Gasteiger partial charge < -0.3 is 24.6 Å². The maximum absolute atomic E-state index is 13.7. The smallest absolute Gasteiger partial charge is 0.296 e. The van der Waals surface area contributed by atoms with Crippen LogP contribution in [0.1, 0.15) is 46.3 Å². The predicted octanol–water partition coefficient (Wildman–Crippen LogP) is 8.78. The highest BCUT2D eigenvalue weighted by Crippen LogP contribution is 2.42. The van der Waals surface area contributed by atoms with Crippen LogP contribution in [0.25, 0.3) is 10.9 Å². The lowest BCUT2D eigenvalue weighted by Crippen LogP contribution is -2.44. The van der Waals surface area contributed by atoms with Crippen molar-refractivity contribution in [3.05, 3.63) is 160 Å². The summed E-state index contributed by atoms with van der Waals surface area (Å²) in [5.74, 6) is -0.915. The number of ether oxygens (including phenoxy) is 1. The standard InChI is InChI=1S/C43H40Cl2N4O4/c44-37-26-46-27-38(45)40(37)47-42(51)41(50)36-28-49(39-18-17-34(25-35(36)39)53-29-30-11-4-1-5-12-30)22-10-21-48-23-19-33(20-24-48)43(52,31-13-6-2-7-14-31)32-15-8-3-9-16-32/h1-9,11-18,25-28,33,52H,10,19-24,29H2,(H,46,47,51). The molecule has 270 valence electrons. The van der Waals surface area contributed by atoms with Gasteiger partial charge in [-0.2, -0.15) is 0 Å². The normalized spacial score (nSPS) is 13.9. The number of aromatic nitrogens is 2. The van der Waals surface area contributed by atoms with Crippen molar-refractivity contribution in [2.45, 2.75) is 38.0 Å². The number of hydrogen-bond donors (Lipinski definition) is 2. The number of piperidine rings is 1. The molecule has 3 heterocycles. The Kier molecular flexibility index (Phi) is 11.2. The van der Waals surface area contributed by atoms with Crippen molar-refractivity contribution in [2.75, 3.05) is 25.0 Å². The molecule has 8 nitrogen and oxygen atoms in total. The third-order valence-electron chi connectivity index (χ3n) is 10.1. The summed E-state index contributed by atoms with van der Waals surface area (Å²) >= 11 is 12.5. The third-order valence-corrected chi connectivity index (χ3v) is 10.7. The summed E-state index contributed by atoms with van der Waals surface area (Å²) in [5.41, 5.74) is 3.00. The zero-order chi connectivity index (χ0) is 36.8. The third kappa shape index (κ3) is 8.01. The van der Waals surface area contributed by atoms with Crippen LogP contribution in [0.15, 0.2) is 128 Å². The minimum atomic E-state index is -1.06. The van der Waals surface area contributed by atoms with Crippen LogP contribution in [0.4, 0.5) is 5.69 Å². The van der Waals surface area contributed by atoms with E-state index >= 15 is 0 Å². The van der Waals surface area contributed by atoms with Crippen molar-refractivity contribution in [2.24, 2.45) is 5.92 Å². The van der Waals surface area contributed by atoms with Gasteiger partial charge in [0, 0.05) is 36.0 Å². The molecule has 0 spiro atoms. The lowest BCUT2D eigenvalue weighted by molar-refractivity contribution is -0.112. The van der Waals surface area contributed by atoms with Gasteiger partial charge in [-0.3, -0.25) is 14.6 Å². The van der Waals surface area contributed by atoms with Crippen molar-refractivity contribution >= 4 is 51.5 Å². The summed E-state index contributed by atoms with van der Waals surface area (Å²) in [6, 6.07) is 35.4. The first kappa shape index (κ1) is 36.4. The topological polar surface area (TPSA) is 96.7 Å². The van der Waals surface area contributed by atoms with Gasteiger partial charge in [-0.05, 0) is 79.7 Å². The van der Waals surface area contributed by atoms with E-state index < -0.39 is 17.3 Å². The Balaban J connectivity index is 1.06. The minimum Gasteiger partial charge on any atom is -0.489 e. The SMILES string of the molecule is O=C(Nc1c(Cl)cncc1Cl)C(=O)c1cn(CCCN2CCC(C(O)(c3ccccc3)c3ccccc3)CC2)c2ccc(OCc3ccccc3)cc12. The van der Waals surface area contributed by atoms with E-state index in [4.69, 9.17) is 27.9 Å². The molecular formula is C43H40Cl2N4O4. The molecule has 2 aromatic heterocycles. The highest BCUT2D eigenvalue weighted by Gasteiger charge is 2.41. The number of benzene rings is 4. The number of anilines is 1. The van der Waals surface area contributed by atoms with Gasteiger partial charge in [0.25, 0.3) is 11.7 Å². The number of carbonyl (C=O) groups is 2. The molecule has 0 saturated carbocycles. The predicted molar refractivity (Wildman–Crippen MR) is 210 cm³/mol. The van der Waals surface area contributed by atoms with Crippen LogP contribution in [0.5, 0.6) is 5.75 Å². The van der Waals surface area contributed by atoms with Crippen LogP contribution >= 0.6 is 23.2 Å². The number of nitrogens with zero attached hydrogens (tertiary/aromatic N) is 3. The number of aliphatic hydroxyl groups is 1. The second kappa shape index (κ2) is 16.4. The van der Waals surface area contributed by atoms with E-state index in [9.17, 15) is 14.7 Å². The first-order valence-corrected chi connectivity index (χ1v) is 18.6. The molecule has 2 N–H and O–H groups in total. The molecule has 10 heteroatoms. The Morgan fingerprint density at radius 1 is 0.830 bits per heavy atom. The van der Waals surface area contributed by atoms with E-state index in [0.717, 1.165) is 61.1 Å². The molecule has 53 heavy (non-hydrogen) atoms. The van der Waals surface area contributed by atoms with E-state index in [1.54, 1.807) is 6.20 Å². The maximum Gasteiger partial charge on any atom is 0.296 e. The fourth-order valence-electron chi connectivity index (χ4n) is 7.36. The number of nitrogens with one attached hydrogen (secondary N) is 1. The van der Waals surface area contributed by atoms with Gasteiger partial charge >= 0.3 is 0 Å². The molecule has 1 aliphatic heterocycles. The van der Waals surface area contributed by atoms with Crippen LogP contribution in [-0.4, -0.2) is 50.9 Å². The van der Waals surface area contributed by atoms with E-state index in [2.05, 4.69) is 15.2 Å². The number of carbonyl (C=O) groups excluding carboxylic acids is 2. The Hall–Kier alpha value is -4.99. The summed E-state index contributed by atoms with van der Waals surface area (Å²) < 4.78 is 8.12. The van der Waals surface area contributed by atoms with Crippen LogP contribution in [0.2, 0.25) is 10.0 Å². The van der Waals surface area contributed by atoms with E-state index in [1.165, 1.54) is 12.4 Å². The summed E-state index contributed by atoms with van der Waals surface area (Å²) in [7, 11) is 0. The number of hydrogen-bond acceptors (Lipinski definition) is 6. The second-order valence-electron chi connectivity index (χ2n) is 13.4. The van der Waals surface area contributed by atoms with Crippen molar-refractivity contribution in [1.82, 2.24) is 14.5 Å². The second-order valence-corrected chi connectivity index (χ2v) is 14.2. The molecule has 0 aliphatic carbocycles. The molecule has 1 saturated heterocycles.